The zero-order valence-electron chi connectivity index (χ0n) is 16.8. The van der Waals surface area contributed by atoms with Gasteiger partial charge in [0.15, 0.2) is 11.5 Å². The maximum absolute atomic E-state index is 9.42. The Labute approximate surface area is 165 Å². The summed E-state index contributed by atoms with van der Waals surface area (Å²) in [5, 5.41) is 12.9. The van der Waals surface area contributed by atoms with E-state index in [4.69, 9.17) is 19.2 Å². The first-order chi connectivity index (χ1) is 13.6. The largest absolute Gasteiger partial charge is 0.493 e. The number of methoxy groups -OCH3 is 3. The summed E-state index contributed by atoms with van der Waals surface area (Å²) in [6.45, 7) is 2.96. The van der Waals surface area contributed by atoms with Gasteiger partial charge in [-0.3, -0.25) is 4.98 Å². The topological polar surface area (TPSA) is 76.4 Å². The maximum Gasteiger partial charge on any atom is 0.203 e. The van der Waals surface area contributed by atoms with Crippen molar-refractivity contribution in [3.05, 3.63) is 46.8 Å². The molecule has 1 aromatic heterocycles. The van der Waals surface area contributed by atoms with Crippen LogP contribution in [0.1, 0.15) is 35.9 Å². The van der Waals surface area contributed by atoms with Crippen LogP contribution in [0.2, 0.25) is 0 Å². The number of nitrogens with zero attached hydrogens (tertiary/aromatic N) is 2. The number of hydrogen-bond acceptors (Lipinski definition) is 6. The van der Waals surface area contributed by atoms with Crippen molar-refractivity contribution in [1.29, 1.82) is 5.26 Å². The zero-order valence-corrected chi connectivity index (χ0v) is 16.8. The number of hydrogen-bond donors (Lipinski definition) is 1. The first-order valence-corrected chi connectivity index (χ1v) is 9.31. The molecule has 6 heteroatoms. The van der Waals surface area contributed by atoms with Crippen molar-refractivity contribution >= 4 is 11.3 Å². The quantitative estimate of drug-likeness (QED) is 0.747. The van der Waals surface area contributed by atoms with Gasteiger partial charge in [-0.2, -0.15) is 5.26 Å². The molecule has 0 radical (unpaired) electrons. The van der Waals surface area contributed by atoms with Gasteiger partial charge in [-0.1, -0.05) is 13.0 Å². The smallest absolute Gasteiger partial charge is 0.203 e. The SMILES string of the molecule is CCCNc1cc(Cc2cc(OC)c(OC)c(OC)c2)nc2c1C(C#N)=CC2. The molecule has 146 valence electrons. The monoisotopic (exact) mass is 379 g/mol. The van der Waals surface area contributed by atoms with Gasteiger partial charge in [-0.05, 0) is 30.2 Å². The summed E-state index contributed by atoms with van der Waals surface area (Å²) in [5.74, 6) is 1.82. The predicted molar refractivity (Wildman–Crippen MR) is 109 cm³/mol. The van der Waals surface area contributed by atoms with Crippen LogP contribution in [0.3, 0.4) is 0 Å². The molecule has 3 rings (SSSR count). The summed E-state index contributed by atoms with van der Waals surface area (Å²) in [5.41, 5.74) is 5.48. The highest BCUT2D eigenvalue weighted by molar-refractivity contribution is 5.88. The van der Waals surface area contributed by atoms with Crippen LogP contribution < -0.4 is 19.5 Å². The van der Waals surface area contributed by atoms with Gasteiger partial charge in [0.05, 0.1) is 38.7 Å². The van der Waals surface area contributed by atoms with Crippen molar-refractivity contribution in [2.45, 2.75) is 26.2 Å². The fraction of sp³-hybridized carbons (Fsp3) is 0.364. The Morgan fingerprint density at radius 2 is 1.82 bits per heavy atom. The van der Waals surface area contributed by atoms with E-state index >= 15 is 0 Å². The maximum atomic E-state index is 9.42. The first kappa shape index (κ1) is 19.6. The molecule has 0 aliphatic heterocycles. The fourth-order valence-corrected chi connectivity index (χ4v) is 3.44. The Bertz CT molecular complexity index is 920. The molecule has 0 spiro atoms. The van der Waals surface area contributed by atoms with E-state index in [0.29, 0.717) is 35.7 Å². The summed E-state index contributed by atoms with van der Waals surface area (Å²) < 4.78 is 16.3. The van der Waals surface area contributed by atoms with Crippen molar-refractivity contribution in [2.24, 2.45) is 0 Å². The van der Waals surface area contributed by atoms with E-state index in [1.165, 1.54) is 0 Å². The van der Waals surface area contributed by atoms with Gasteiger partial charge < -0.3 is 19.5 Å². The van der Waals surface area contributed by atoms with E-state index in [9.17, 15) is 5.26 Å². The molecule has 0 bridgehead atoms. The molecule has 0 saturated heterocycles. The number of fused-ring (bicyclic) bond motifs is 1. The third kappa shape index (κ3) is 3.74. The third-order valence-corrected chi connectivity index (χ3v) is 4.71. The molecular weight excluding hydrogens is 354 g/mol. The van der Waals surface area contributed by atoms with E-state index in [0.717, 1.165) is 41.2 Å². The van der Waals surface area contributed by atoms with E-state index in [1.807, 2.05) is 24.3 Å². The molecule has 1 heterocycles. The summed E-state index contributed by atoms with van der Waals surface area (Å²) >= 11 is 0. The Morgan fingerprint density at radius 1 is 1.11 bits per heavy atom. The Kier molecular flexibility index (Phi) is 6.05. The standard InChI is InChI=1S/C22H25N3O3/c1-5-8-24-18-12-16(25-17-7-6-15(13-23)21(17)18)9-14-10-19(26-2)22(28-4)20(11-14)27-3/h6,10-12H,5,7-9H2,1-4H3,(H,24,25). The Hall–Kier alpha value is -3.20. The fourth-order valence-electron chi connectivity index (χ4n) is 3.44. The second-order valence-electron chi connectivity index (χ2n) is 6.55. The van der Waals surface area contributed by atoms with Crippen LogP contribution in [0.25, 0.3) is 5.57 Å². The van der Waals surface area contributed by atoms with Crippen LogP contribution >= 0.6 is 0 Å². The van der Waals surface area contributed by atoms with Crippen LogP contribution in [0.15, 0.2) is 24.3 Å². The minimum atomic E-state index is 0.573. The second-order valence-corrected chi connectivity index (χ2v) is 6.55. The van der Waals surface area contributed by atoms with Crippen LogP contribution in [-0.2, 0) is 12.8 Å². The van der Waals surface area contributed by atoms with Crippen LogP contribution in [-0.4, -0.2) is 32.9 Å². The summed E-state index contributed by atoms with van der Waals surface area (Å²) in [6, 6.07) is 8.20. The summed E-state index contributed by atoms with van der Waals surface area (Å²) in [7, 11) is 4.81. The van der Waals surface area contributed by atoms with E-state index in [1.54, 1.807) is 21.3 Å². The molecule has 0 saturated carbocycles. The molecular formula is C22H25N3O3. The predicted octanol–water partition coefficient (Wildman–Crippen LogP) is 3.98. The number of anilines is 1. The van der Waals surface area contributed by atoms with Gasteiger partial charge in [0.1, 0.15) is 0 Å². The van der Waals surface area contributed by atoms with Gasteiger partial charge in [0.2, 0.25) is 5.75 Å². The number of ether oxygens (including phenoxy) is 3. The third-order valence-electron chi connectivity index (χ3n) is 4.71. The number of allylic oxidation sites excluding steroid dienone is 2. The minimum absolute atomic E-state index is 0.573. The van der Waals surface area contributed by atoms with Crippen molar-refractivity contribution in [3.8, 4) is 23.3 Å². The van der Waals surface area contributed by atoms with Crippen molar-refractivity contribution in [2.75, 3.05) is 33.2 Å². The molecule has 0 atom stereocenters. The molecule has 0 amide bonds. The Morgan fingerprint density at radius 3 is 2.39 bits per heavy atom. The number of nitrogens with one attached hydrogen (secondary N) is 1. The number of benzene rings is 1. The van der Waals surface area contributed by atoms with E-state index in [2.05, 4.69) is 18.3 Å². The van der Waals surface area contributed by atoms with Crippen molar-refractivity contribution in [3.63, 3.8) is 0 Å². The lowest BCUT2D eigenvalue weighted by Crippen LogP contribution is -2.07. The van der Waals surface area contributed by atoms with E-state index in [-0.39, 0.29) is 0 Å². The van der Waals surface area contributed by atoms with Gasteiger partial charge >= 0.3 is 0 Å². The number of pyridine rings is 1. The zero-order chi connectivity index (χ0) is 20.1. The molecule has 0 unspecified atom stereocenters. The summed E-state index contributed by atoms with van der Waals surface area (Å²) in [4.78, 5) is 4.81. The second kappa shape index (κ2) is 8.66. The highest BCUT2D eigenvalue weighted by Crippen LogP contribution is 2.39. The van der Waals surface area contributed by atoms with E-state index < -0.39 is 0 Å². The van der Waals surface area contributed by atoms with Gasteiger partial charge in [0, 0.05) is 36.3 Å². The normalized spacial score (nSPS) is 12.0. The van der Waals surface area contributed by atoms with Crippen molar-refractivity contribution in [1.82, 2.24) is 4.98 Å². The first-order valence-electron chi connectivity index (χ1n) is 9.31. The molecule has 1 aromatic carbocycles. The highest BCUT2D eigenvalue weighted by Gasteiger charge is 2.21. The van der Waals surface area contributed by atoms with Gasteiger partial charge in [-0.15, -0.1) is 0 Å². The molecule has 1 aliphatic carbocycles. The number of aromatic nitrogens is 1. The minimum Gasteiger partial charge on any atom is -0.493 e. The van der Waals surface area contributed by atoms with Crippen LogP contribution in [0.5, 0.6) is 17.2 Å². The average Bonchev–Trinajstić information content (AvgIpc) is 3.14. The molecule has 0 fully saturated rings. The highest BCUT2D eigenvalue weighted by atomic mass is 16.5. The molecule has 28 heavy (non-hydrogen) atoms. The average molecular weight is 379 g/mol. The van der Waals surface area contributed by atoms with Crippen molar-refractivity contribution < 1.29 is 14.2 Å². The van der Waals surface area contributed by atoms with Crippen LogP contribution in [0.4, 0.5) is 5.69 Å². The summed E-state index contributed by atoms with van der Waals surface area (Å²) in [6.07, 6.45) is 4.25. The lowest BCUT2D eigenvalue weighted by atomic mass is 10.0. The molecule has 1 aliphatic rings. The lowest BCUT2D eigenvalue weighted by Gasteiger charge is -2.16. The Balaban J connectivity index is 1.99. The van der Waals surface area contributed by atoms with Gasteiger partial charge in [-0.25, -0.2) is 0 Å². The van der Waals surface area contributed by atoms with Gasteiger partial charge in [0.25, 0.3) is 0 Å². The molecule has 2 aromatic rings. The van der Waals surface area contributed by atoms with Crippen LogP contribution in [0, 0.1) is 11.3 Å². The molecule has 1 N–H and O–H groups in total. The molecule has 6 nitrogen and oxygen atoms in total. The number of nitriles is 1. The lowest BCUT2D eigenvalue weighted by molar-refractivity contribution is 0.324. The number of rotatable bonds is 8.